The van der Waals surface area contributed by atoms with E-state index in [2.05, 4.69) is 39.9 Å². The van der Waals surface area contributed by atoms with Crippen LogP contribution in [0.1, 0.15) is 43.0 Å². The molecule has 4 heteroatoms. The van der Waals surface area contributed by atoms with E-state index in [0.717, 1.165) is 24.3 Å². The van der Waals surface area contributed by atoms with Gasteiger partial charge >= 0.3 is 0 Å². The molecule has 2 N–H and O–H groups in total. The zero-order valence-electron chi connectivity index (χ0n) is 10.1. The predicted octanol–water partition coefficient (Wildman–Crippen LogP) is 2.02. The van der Waals surface area contributed by atoms with Crippen LogP contribution >= 0.6 is 0 Å². The lowest BCUT2D eigenvalue weighted by Crippen LogP contribution is -2.27. The number of rotatable bonds is 1. The van der Waals surface area contributed by atoms with E-state index in [-0.39, 0.29) is 0 Å². The van der Waals surface area contributed by atoms with Crippen LogP contribution < -0.4 is 5.73 Å². The molecule has 0 radical (unpaired) electrons. The topological polar surface area (TPSA) is 56.2 Å². The maximum Gasteiger partial charge on any atom is 0.161 e. The number of pyridine rings is 1. The zero-order valence-corrected chi connectivity index (χ0v) is 10.1. The quantitative estimate of drug-likeness (QED) is 0.815. The molecular formula is C13H18N4. The van der Waals surface area contributed by atoms with Crippen molar-refractivity contribution in [3.8, 4) is 0 Å². The molecule has 0 saturated heterocycles. The highest BCUT2D eigenvalue weighted by atomic mass is 15.2. The number of aryl methyl sites for hydroxylation is 1. The van der Waals surface area contributed by atoms with E-state index in [1.54, 1.807) is 0 Å². The molecule has 1 aliphatic rings. The van der Waals surface area contributed by atoms with E-state index in [0.29, 0.717) is 12.0 Å². The molecule has 1 fully saturated rings. The molecular weight excluding hydrogens is 212 g/mol. The molecule has 0 aliphatic heterocycles. The van der Waals surface area contributed by atoms with Crippen molar-refractivity contribution in [2.24, 2.45) is 5.73 Å². The smallest absolute Gasteiger partial charge is 0.161 e. The van der Waals surface area contributed by atoms with Crippen molar-refractivity contribution in [2.45, 2.75) is 44.6 Å². The molecule has 2 heterocycles. The van der Waals surface area contributed by atoms with Crippen molar-refractivity contribution >= 4 is 5.65 Å². The zero-order chi connectivity index (χ0) is 11.8. The van der Waals surface area contributed by atoms with Gasteiger partial charge in [-0.05, 0) is 43.9 Å². The Kier molecular flexibility index (Phi) is 2.59. The van der Waals surface area contributed by atoms with Crippen molar-refractivity contribution in [3.63, 3.8) is 0 Å². The molecule has 0 amide bonds. The number of nitrogens with two attached hydrogens (primary N) is 1. The minimum Gasteiger partial charge on any atom is -0.328 e. The molecule has 0 bridgehead atoms. The first kappa shape index (κ1) is 10.7. The third-order valence-electron chi connectivity index (χ3n) is 3.67. The Morgan fingerprint density at radius 1 is 1.35 bits per heavy atom. The number of nitrogens with zero attached hydrogens (tertiary/aromatic N) is 3. The van der Waals surface area contributed by atoms with Gasteiger partial charge in [0.1, 0.15) is 5.82 Å². The highest BCUT2D eigenvalue weighted by molar-refractivity contribution is 5.41. The molecule has 2 atom stereocenters. The Morgan fingerprint density at radius 3 is 3.06 bits per heavy atom. The van der Waals surface area contributed by atoms with Crippen molar-refractivity contribution < 1.29 is 0 Å². The highest BCUT2D eigenvalue weighted by Crippen LogP contribution is 2.31. The van der Waals surface area contributed by atoms with Crippen molar-refractivity contribution in [1.82, 2.24) is 14.6 Å². The van der Waals surface area contributed by atoms with Crippen LogP contribution in [0.15, 0.2) is 18.3 Å². The summed E-state index contributed by atoms with van der Waals surface area (Å²) in [6.07, 6.45) is 6.64. The van der Waals surface area contributed by atoms with Crippen LogP contribution in [0.25, 0.3) is 5.65 Å². The number of aromatic nitrogens is 3. The summed E-state index contributed by atoms with van der Waals surface area (Å²) in [7, 11) is 0. The van der Waals surface area contributed by atoms with Crippen molar-refractivity contribution in [2.75, 3.05) is 0 Å². The summed E-state index contributed by atoms with van der Waals surface area (Å²) in [5.41, 5.74) is 8.20. The van der Waals surface area contributed by atoms with Gasteiger partial charge < -0.3 is 5.73 Å². The molecule has 0 aromatic carbocycles. The Morgan fingerprint density at radius 2 is 2.24 bits per heavy atom. The lowest BCUT2D eigenvalue weighted by molar-refractivity contribution is 0.380. The second-order valence-corrected chi connectivity index (χ2v) is 5.11. The van der Waals surface area contributed by atoms with Crippen molar-refractivity contribution in [3.05, 3.63) is 29.7 Å². The van der Waals surface area contributed by atoms with E-state index >= 15 is 0 Å². The Hall–Kier alpha value is -1.42. The van der Waals surface area contributed by atoms with Crippen LogP contribution in [0, 0.1) is 6.92 Å². The van der Waals surface area contributed by atoms with Crippen LogP contribution in [0.2, 0.25) is 0 Å². The van der Waals surface area contributed by atoms with Gasteiger partial charge in [-0.15, -0.1) is 10.2 Å². The molecule has 1 aliphatic carbocycles. The van der Waals surface area contributed by atoms with Crippen LogP contribution in [0.3, 0.4) is 0 Å². The first-order chi connectivity index (χ1) is 8.24. The van der Waals surface area contributed by atoms with Gasteiger partial charge in [-0.1, -0.05) is 6.42 Å². The second kappa shape index (κ2) is 4.11. The van der Waals surface area contributed by atoms with Gasteiger partial charge in [0, 0.05) is 18.2 Å². The van der Waals surface area contributed by atoms with Gasteiger partial charge in [-0.3, -0.25) is 4.40 Å². The van der Waals surface area contributed by atoms with E-state index in [1.165, 1.54) is 18.4 Å². The monoisotopic (exact) mass is 230 g/mol. The highest BCUT2D eigenvalue weighted by Gasteiger charge is 2.24. The van der Waals surface area contributed by atoms with Crippen LogP contribution in [0.5, 0.6) is 0 Å². The first-order valence-electron chi connectivity index (χ1n) is 6.31. The molecule has 2 unspecified atom stereocenters. The maximum atomic E-state index is 6.04. The summed E-state index contributed by atoms with van der Waals surface area (Å²) in [5, 5.41) is 8.60. The Balaban J connectivity index is 1.99. The summed E-state index contributed by atoms with van der Waals surface area (Å²) < 4.78 is 2.11. The third-order valence-corrected chi connectivity index (χ3v) is 3.67. The van der Waals surface area contributed by atoms with E-state index in [4.69, 9.17) is 5.73 Å². The largest absolute Gasteiger partial charge is 0.328 e. The van der Waals surface area contributed by atoms with E-state index in [1.807, 2.05) is 0 Å². The first-order valence-corrected chi connectivity index (χ1v) is 6.31. The molecule has 2 aromatic rings. The molecule has 3 rings (SSSR count). The fourth-order valence-corrected chi connectivity index (χ4v) is 2.75. The Labute approximate surface area is 101 Å². The minimum absolute atomic E-state index is 0.326. The van der Waals surface area contributed by atoms with Crippen molar-refractivity contribution in [1.29, 1.82) is 0 Å². The third kappa shape index (κ3) is 1.93. The molecule has 2 aromatic heterocycles. The van der Waals surface area contributed by atoms with Crippen LogP contribution in [0.4, 0.5) is 0 Å². The molecule has 4 nitrogen and oxygen atoms in total. The van der Waals surface area contributed by atoms with Gasteiger partial charge in [-0.2, -0.15) is 0 Å². The minimum atomic E-state index is 0.326. The molecule has 90 valence electrons. The normalized spacial score (nSPS) is 25.3. The molecule has 1 saturated carbocycles. The summed E-state index contributed by atoms with van der Waals surface area (Å²) in [5.74, 6) is 1.55. The average Bonchev–Trinajstić information content (AvgIpc) is 2.71. The lowest BCUT2D eigenvalue weighted by atomic mass is 9.85. The number of hydrogen-bond acceptors (Lipinski definition) is 3. The van der Waals surface area contributed by atoms with E-state index in [9.17, 15) is 0 Å². The summed E-state index contributed by atoms with van der Waals surface area (Å²) in [6.45, 7) is 2.07. The summed E-state index contributed by atoms with van der Waals surface area (Å²) in [6, 6.07) is 4.49. The molecule has 17 heavy (non-hydrogen) atoms. The molecule has 0 spiro atoms. The average molecular weight is 230 g/mol. The van der Waals surface area contributed by atoms with Gasteiger partial charge in [-0.25, -0.2) is 0 Å². The van der Waals surface area contributed by atoms with Gasteiger partial charge in [0.05, 0.1) is 0 Å². The fourth-order valence-electron chi connectivity index (χ4n) is 2.75. The second-order valence-electron chi connectivity index (χ2n) is 5.11. The standard InChI is InChI=1S/C13H18N4/c1-9-5-6-17-12(7-9)15-16-13(17)10-3-2-4-11(14)8-10/h5-7,10-11H,2-4,8,14H2,1H3. The van der Waals surface area contributed by atoms with Crippen LogP contribution in [-0.2, 0) is 0 Å². The summed E-state index contributed by atoms with van der Waals surface area (Å²) >= 11 is 0. The maximum absolute atomic E-state index is 6.04. The lowest BCUT2D eigenvalue weighted by Gasteiger charge is -2.25. The number of hydrogen-bond donors (Lipinski definition) is 1. The van der Waals surface area contributed by atoms with Gasteiger partial charge in [0.15, 0.2) is 5.65 Å². The van der Waals surface area contributed by atoms with E-state index < -0.39 is 0 Å². The predicted molar refractivity (Wildman–Crippen MR) is 66.9 cm³/mol. The summed E-state index contributed by atoms with van der Waals surface area (Å²) in [4.78, 5) is 0. The number of fused-ring (bicyclic) bond motifs is 1. The SMILES string of the molecule is Cc1ccn2c(C3CCCC(N)C3)nnc2c1. The fraction of sp³-hybridized carbons (Fsp3) is 0.538. The van der Waals surface area contributed by atoms with Crippen LogP contribution in [-0.4, -0.2) is 20.6 Å². The van der Waals surface area contributed by atoms with Gasteiger partial charge in [0.2, 0.25) is 0 Å². The Bertz CT molecular complexity index is 531. The van der Waals surface area contributed by atoms with Gasteiger partial charge in [0.25, 0.3) is 0 Å².